The van der Waals surface area contributed by atoms with Crippen LogP contribution in [0.1, 0.15) is 11.1 Å². The summed E-state index contributed by atoms with van der Waals surface area (Å²) in [5.41, 5.74) is 1.61. The molecule has 0 aliphatic rings. The molecule has 1 amide bonds. The number of carbonyl (C=O) groups is 1. The summed E-state index contributed by atoms with van der Waals surface area (Å²) in [5.74, 6) is 0.172. The van der Waals surface area contributed by atoms with Gasteiger partial charge in [0.25, 0.3) is 0 Å². The number of hydrogen-bond donors (Lipinski definition) is 2. The van der Waals surface area contributed by atoms with E-state index in [4.69, 9.17) is 4.74 Å². The molecule has 0 aliphatic carbocycles. The molecule has 0 radical (unpaired) electrons. The second-order valence-corrected chi connectivity index (χ2v) is 5.38. The Hall–Kier alpha value is -2.27. The lowest BCUT2D eigenvalue weighted by molar-refractivity contribution is 0.141. The van der Waals surface area contributed by atoms with E-state index in [-0.39, 0.29) is 12.4 Å². The summed E-state index contributed by atoms with van der Waals surface area (Å²) in [6.45, 7) is 0.558. The average Bonchev–Trinajstić information content (AvgIpc) is 2.54. The molecular formula is C17H16BrNO3. The summed E-state index contributed by atoms with van der Waals surface area (Å²) in [6.07, 6.45) is 3.00. The van der Waals surface area contributed by atoms with Gasteiger partial charge < -0.3 is 15.2 Å². The zero-order valence-corrected chi connectivity index (χ0v) is 13.4. The predicted octanol–water partition coefficient (Wildman–Crippen LogP) is 4.09. The second kappa shape index (κ2) is 8.24. The van der Waals surface area contributed by atoms with Crippen molar-refractivity contribution >= 4 is 28.1 Å². The summed E-state index contributed by atoms with van der Waals surface area (Å²) < 4.78 is 5.71. The van der Waals surface area contributed by atoms with Crippen molar-refractivity contribution in [3.8, 4) is 5.75 Å². The van der Waals surface area contributed by atoms with Gasteiger partial charge >= 0.3 is 6.09 Å². The number of phenolic OH excluding ortho intramolecular Hbond substituents is 1. The van der Waals surface area contributed by atoms with Gasteiger partial charge in [0.1, 0.15) is 12.4 Å². The van der Waals surface area contributed by atoms with Crippen LogP contribution in [0.25, 0.3) is 6.08 Å². The molecule has 0 saturated carbocycles. The fraction of sp³-hybridized carbons (Fsp3) is 0.118. The van der Waals surface area contributed by atoms with Crippen LogP contribution in [0.5, 0.6) is 5.75 Å². The van der Waals surface area contributed by atoms with Crippen LogP contribution in [-0.4, -0.2) is 17.7 Å². The van der Waals surface area contributed by atoms with E-state index in [1.165, 1.54) is 0 Å². The molecule has 0 unspecified atom stereocenters. The molecule has 0 aromatic heterocycles. The van der Waals surface area contributed by atoms with Gasteiger partial charge in [0.2, 0.25) is 0 Å². The molecule has 4 nitrogen and oxygen atoms in total. The molecule has 2 aromatic carbocycles. The smallest absolute Gasteiger partial charge is 0.407 e. The second-order valence-electron chi connectivity index (χ2n) is 4.52. The number of carbonyl (C=O) groups excluding carboxylic acids is 1. The summed E-state index contributed by atoms with van der Waals surface area (Å²) in [7, 11) is 0. The Bertz CT molecular complexity index is 656. The molecule has 22 heavy (non-hydrogen) atoms. The van der Waals surface area contributed by atoms with Gasteiger partial charge in [-0.1, -0.05) is 54.6 Å². The van der Waals surface area contributed by atoms with Crippen LogP contribution >= 0.6 is 15.9 Å². The van der Waals surface area contributed by atoms with Gasteiger partial charge in [-0.05, 0) is 27.6 Å². The molecule has 2 N–H and O–H groups in total. The number of amides is 1. The lowest BCUT2D eigenvalue weighted by atomic mass is 10.2. The van der Waals surface area contributed by atoms with Crippen LogP contribution < -0.4 is 5.32 Å². The zero-order chi connectivity index (χ0) is 15.8. The third kappa shape index (κ3) is 4.93. The number of rotatable bonds is 5. The summed E-state index contributed by atoms with van der Waals surface area (Å²) in [4.78, 5) is 11.5. The normalized spacial score (nSPS) is 10.6. The monoisotopic (exact) mass is 361 g/mol. The Morgan fingerprint density at radius 1 is 1.18 bits per heavy atom. The van der Waals surface area contributed by atoms with Gasteiger partial charge in [-0.15, -0.1) is 0 Å². The molecule has 0 atom stereocenters. The van der Waals surface area contributed by atoms with E-state index in [0.717, 1.165) is 5.56 Å². The summed E-state index contributed by atoms with van der Waals surface area (Å²) in [6, 6.07) is 14.8. The highest BCUT2D eigenvalue weighted by Gasteiger charge is 2.02. The van der Waals surface area contributed by atoms with Gasteiger partial charge in [0, 0.05) is 12.1 Å². The quantitative estimate of drug-likeness (QED) is 0.842. The zero-order valence-electron chi connectivity index (χ0n) is 11.8. The molecule has 2 aromatic rings. The Kier molecular flexibility index (Phi) is 6.03. The maximum Gasteiger partial charge on any atom is 0.407 e. The van der Waals surface area contributed by atoms with Crippen LogP contribution in [0.2, 0.25) is 0 Å². The fourth-order valence-electron chi connectivity index (χ4n) is 1.77. The largest absolute Gasteiger partial charge is 0.506 e. The average molecular weight is 362 g/mol. The summed E-state index contributed by atoms with van der Waals surface area (Å²) >= 11 is 3.25. The van der Waals surface area contributed by atoms with Crippen molar-refractivity contribution in [3.05, 3.63) is 70.2 Å². The highest BCUT2D eigenvalue weighted by Crippen LogP contribution is 2.28. The number of phenols is 1. The Labute approximate surface area is 137 Å². The Balaban J connectivity index is 1.75. The first kappa shape index (κ1) is 16.1. The molecule has 114 valence electrons. The number of ether oxygens (including phenoxy) is 1. The number of nitrogens with one attached hydrogen (secondary N) is 1. The van der Waals surface area contributed by atoms with Crippen molar-refractivity contribution in [1.29, 1.82) is 0 Å². The van der Waals surface area contributed by atoms with Crippen molar-refractivity contribution in [1.82, 2.24) is 5.32 Å². The van der Waals surface area contributed by atoms with Crippen molar-refractivity contribution in [3.63, 3.8) is 0 Å². The van der Waals surface area contributed by atoms with E-state index in [0.29, 0.717) is 16.6 Å². The SMILES string of the molecule is O=C(NCC=Cc1cccc(Br)c1O)OCc1ccccc1. The number of aromatic hydroxyl groups is 1. The molecular weight excluding hydrogens is 346 g/mol. The van der Waals surface area contributed by atoms with E-state index in [1.54, 1.807) is 24.3 Å². The molecule has 2 rings (SSSR count). The van der Waals surface area contributed by atoms with Crippen LogP contribution in [0, 0.1) is 0 Å². The minimum atomic E-state index is -0.480. The van der Waals surface area contributed by atoms with Crippen molar-refractivity contribution < 1.29 is 14.6 Å². The van der Waals surface area contributed by atoms with E-state index in [1.807, 2.05) is 36.4 Å². The maximum atomic E-state index is 11.5. The van der Waals surface area contributed by atoms with Crippen molar-refractivity contribution in [2.75, 3.05) is 6.54 Å². The third-order valence-electron chi connectivity index (χ3n) is 2.89. The Morgan fingerprint density at radius 3 is 2.73 bits per heavy atom. The molecule has 5 heteroatoms. The van der Waals surface area contributed by atoms with Gasteiger partial charge in [-0.2, -0.15) is 0 Å². The molecule has 0 saturated heterocycles. The fourth-order valence-corrected chi connectivity index (χ4v) is 2.15. The maximum absolute atomic E-state index is 11.5. The van der Waals surface area contributed by atoms with Gasteiger partial charge in [0.05, 0.1) is 4.47 Å². The van der Waals surface area contributed by atoms with Crippen LogP contribution in [-0.2, 0) is 11.3 Å². The molecule has 0 bridgehead atoms. The van der Waals surface area contributed by atoms with E-state index in [2.05, 4.69) is 21.2 Å². The van der Waals surface area contributed by atoms with Crippen LogP contribution in [0.15, 0.2) is 59.1 Å². The lowest BCUT2D eigenvalue weighted by Gasteiger charge is -2.05. The minimum absolute atomic E-state index is 0.172. The predicted molar refractivity (Wildman–Crippen MR) is 89.5 cm³/mol. The lowest BCUT2D eigenvalue weighted by Crippen LogP contribution is -2.24. The van der Waals surface area contributed by atoms with Gasteiger partial charge in [-0.3, -0.25) is 0 Å². The third-order valence-corrected chi connectivity index (χ3v) is 3.53. The Morgan fingerprint density at radius 2 is 1.95 bits per heavy atom. The van der Waals surface area contributed by atoms with Crippen LogP contribution in [0.4, 0.5) is 4.79 Å². The standard InChI is InChI=1S/C17H16BrNO3/c18-15-10-4-8-14(16(15)20)9-5-11-19-17(21)22-12-13-6-2-1-3-7-13/h1-10,20H,11-12H2,(H,19,21). The van der Waals surface area contributed by atoms with E-state index < -0.39 is 6.09 Å². The van der Waals surface area contributed by atoms with E-state index in [9.17, 15) is 9.90 Å². The number of para-hydroxylation sites is 1. The first-order valence-corrected chi connectivity index (χ1v) is 7.54. The molecule has 0 fully saturated rings. The van der Waals surface area contributed by atoms with E-state index >= 15 is 0 Å². The van der Waals surface area contributed by atoms with Crippen molar-refractivity contribution in [2.24, 2.45) is 0 Å². The highest BCUT2D eigenvalue weighted by atomic mass is 79.9. The molecule has 0 heterocycles. The number of benzene rings is 2. The highest BCUT2D eigenvalue weighted by molar-refractivity contribution is 9.10. The number of hydrogen-bond acceptors (Lipinski definition) is 3. The van der Waals surface area contributed by atoms with Crippen molar-refractivity contribution in [2.45, 2.75) is 6.61 Å². The minimum Gasteiger partial charge on any atom is -0.506 e. The molecule has 0 aliphatic heterocycles. The number of alkyl carbamates (subject to hydrolysis) is 1. The first-order chi connectivity index (χ1) is 10.7. The van der Waals surface area contributed by atoms with Gasteiger partial charge in [0.15, 0.2) is 0 Å². The topological polar surface area (TPSA) is 58.6 Å². The van der Waals surface area contributed by atoms with Crippen LogP contribution in [0.3, 0.4) is 0 Å². The number of halogens is 1. The van der Waals surface area contributed by atoms with Gasteiger partial charge in [-0.25, -0.2) is 4.79 Å². The first-order valence-electron chi connectivity index (χ1n) is 6.75. The summed E-state index contributed by atoms with van der Waals surface area (Å²) in [5, 5.41) is 12.4. The molecule has 0 spiro atoms.